The van der Waals surface area contributed by atoms with Crippen molar-refractivity contribution in [1.82, 2.24) is 104 Å². The summed E-state index contributed by atoms with van der Waals surface area (Å²) in [6, 6.07) is 56.9. The molecular formula is C96H95Br2F4N31. The van der Waals surface area contributed by atoms with Crippen LogP contribution in [0.1, 0.15) is 92.5 Å². The van der Waals surface area contributed by atoms with Crippen LogP contribution in [0.2, 0.25) is 0 Å². The lowest BCUT2D eigenvalue weighted by molar-refractivity contribution is 0.620. The van der Waals surface area contributed by atoms with Crippen molar-refractivity contribution in [3.05, 3.63) is 294 Å². The summed E-state index contributed by atoms with van der Waals surface area (Å²) in [5, 5.41) is 37.0. The molecule has 18 rings (SSSR count). The number of halogens is 6. The molecule has 14 aromatic heterocycles. The van der Waals surface area contributed by atoms with E-state index in [9.17, 15) is 17.6 Å². The van der Waals surface area contributed by atoms with E-state index in [4.69, 9.17) is 47.6 Å². The summed E-state index contributed by atoms with van der Waals surface area (Å²) in [5.74, 6) is 8.70. The monoisotopic (exact) mass is 1920 g/mol. The molecule has 0 fully saturated rings. The van der Waals surface area contributed by atoms with Crippen molar-refractivity contribution in [3.8, 4) is 94.5 Å². The van der Waals surface area contributed by atoms with Gasteiger partial charge in [-0.2, -0.15) is 38.7 Å². The fourth-order valence-corrected chi connectivity index (χ4v) is 13.6. The molecule has 676 valence electrons. The van der Waals surface area contributed by atoms with E-state index in [-0.39, 0.29) is 59.2 Å². The predicted octanol–water partition coefficient (Wildman–Crippen LogP) is 21.3. The molecule has 0 bridgehead atoms. The Morgan fingerprint density at radius 2 is 0.684 bits per heavy atom. The number of hydrogen-bond donors (Lipinski definition) is 9. The molecule has 31 nitrogen and oxygen atoms in total. The van der Waals surface area contributed by atoms with Crippen LogP contribution in [0.25, 0.3) is 106 Å². The van der Waals surface area contributed by atoms with Gasteiger partial charge in [-0.05, 0) is 310 Å². The zero-order valence-corrected chi connectivity index (χ0v) is 77.1. The molecule has 0 unspecified atom stereocenters. The lowest BCUT2D eigenvalue weighted by atomic mass is 9.99. The second-order valence-electron chi connectivity index (χ2n) is 32.6. The SMILES string of the molecule is Brc1ccccn1.C.Cc1cc(-c2c(-c3ccc(F)cc3)nc(N)n3nc(Nc4ccccn4)nc23)ccn1.Cc1cc(-c2c(-c3ccc(F)cc3)nc(NC(C)(C)C)n3nc(N)nc23)ccn1.Cc1cc(-c2c(-c3ccc(F)cc3)nc(NC(C)(C)C)n3nc(Nc4ccccn4)nc23)ccn1.Cc1cc(-c2c(NN)nc(NC(C)(C)C)nc2-c2ccc(F)cc2)ccn1.N#CBr. The maximum atomic E-state index is 13.8. The van der Waals surface area contributed by atoms with E-state index in [0.717, 1.165) is 83.0 Å². The number of pyridine rings is 7. The Morgan fingerprint density at radius 3 is 1.02 bits per heavy atom. The minimum absolute atomic E-state index is 0. The standard InChI is InChI=1S/C26H25FN8.C22H17FN8.C21H22FN7.C20H23FN6.C5H4BrN.CBrN.CH4/c1-16-15-18(12-14-28-16)21-22(17-8-10-19(27)11-9-17)31-25(33-26(2,3)4)35-23(21)32-24(34-35)30-20-7-5-6-13-29-20;1-13-12-15(9-11-25-13)18-19(14-5-7-16(23)8-6-14)28-21(24)31-20(18)29-22(30-31)27-17-4-2-3-10-26-17;1-12-11-14(9-10-24-12)16-17(13-5-7-15(22)8-6-13)25-20(27-21(2,3)4)29-18(16)26-19(23)28-29;1-12-11-14(9-10-23-12)16-17(13-5-7-15(21)8-6-13)24-19(25-18(16)27-22)26-20(2,3)4;6-5-3-1-2-4-7-5;2-1-3;/h5-15H,1-4H3,(H,31,33)(H,29,30,34);2-12H,1H3,(H2,24,28)(H,26,27,30);5-11H,1-4H3,(H2,23,28)(H,25,27);5-11H,22H2,1-4H3,(H2,24,25,26,27);1-4H;;1H4. The van der Waals surface area contributed by atoms with E-state index in [0.29, 0.717) is 98.0 Å². The van der Waals surface area contributed by atoms with E-state index in [1.54, 1.807) is 106 Å². The Labute approximate surface area is 781 Å². The van der Waals surface area contributed by atoms with Gasteiger partial charge < -0.3 is 43.5 Å². The molecule has 4 aromatic carbocycles. The molecule has 133 heavy (non-hydrogen) atoms. The average molecular weight is 1920 g/mol. The summed E-state index contributed by atoms with van der Waals surface area (Å²) in [4.78, 5) is 68.8. The normalized spacial score (nSPS) is 11.0. The number of rotatable bonds is 16. The minimum Gasteiger partial charge on any atom is -0.368 e. The van der Waals surface area contributed by atoms with Crippen molar-refractivity contribution in [2.75, 3.05) is 43.5 Å². The van der Waals surface area contributed by atoms with Gasteiger partial charge in [0, 0.05) is 121 Å². The zero-order chi connectivity index (χ0) is 94.1. The fraction of sp³-hybridized carbons (Fsp3) is 0.177. The summed E-state index contributed by atoms with van der Waals surface area (Å²) < 4.78 is 59.9. The number of nitrogens with two attached hydrogens (primary N) is 3. The van der Waals surface area contributed by atoms with Crippen molar-refractivity contribution >= 4 is 108 Å². The predicted molar refractivity (Wildman–Crippen MR) is 523 cm³/mol. The third-order valence-corrected chi connectivity index (χ3v) is 19.1. The number of nitrogens with zero attached hydrogens (tertiary/aromatic N) is 22. The smallest absolute Gasteiger partial charge is 0.248 e. The van der Waals surface area contributed by atoms with Gasteiger partial charge in [0.2, 0.25) is 41.6 Å². The van der Waals surface area contributed by atoms with Crippen LogP contribution in [-0.4, -0.2) is 120 Å². The number of nitrogens with one attached hydrogen (secondary N) is 6. The first-order valence-electron chi connectivity index (χ1n) is 41.0. The van der Waals surface area contributed by atoms with E-state index in [2.05, 4.69) is 129 Å². The molecule has 0 saturated carbocycles. The molecule has 0 aliphatic rings. The molecule has 37 heteroatoms. The highest BCUT2D eigenvalue weighted by Gasteiger charge is 2.28. The Hall–Kier alpha value is -15.8. The van der Waals surface area contributed by atoms with Crippen molar-refractivity contribution in [2.45, 2.75) is 114 Å². The first-order chi connectivity index (χ1) is 63.1. The molecule has 18 aromatic rings. The van der Waals surface area contributed by atoms with Crippen LogP contribution >= 0.6 is 31.9 Å². The van der Waals surface area contributed by atoms with Crippen molar-refractivity contribution in [3.63, 3.8) is 0 Å². The molecule has 0 radical (unpaired) electrons. The van der Waals surface area contributed by atoms with Crippen molar-refractivity contribution in [2.24, 2.45) is 5.84 Å². The topological polar surface area (TPSA) is 419 Å². The van der Waals surface area contributed by atoms with E-state index < -0.39 is 0 Å². The number of fused-ring (bicyclic) bond motifs is 3. The summed E-state index contributed by atoms with van der Waals surface area (Å²) in [6.07, 6.45) is 12.0. The van der Waals surface area contributed by atoms with E-state index in [1.807, 2.05) is 193 Å². The number of benzene rings is 4. The number of anilines is 10. The molecule has 0 atom stereocenters. The first kappa shape index (κ1) is 96.3. The van der Waals surface area contributed by atoms with Gasteiger partial charge in [-0.3, -0.25) is 19.9 Å². The van der Waals surface area contributed by atoms with Crippen LogP contribution in [0.5, 0.6) is 0 Å². The number of nitrogen functional groups attached to an aromatic ring is 3. The van der Waals surface area contributed by atoms with Gasteiger partial charge in [-0.25, -0.2) is 58.3 Å². The number of hydrogen-bond acceptors (Lipinski definition) is 28. The molecule has 0 saturated heterocycles. The van der Waals surface area contributed by atoms with E-state index >= 15 is 0 Å². The van der Waals surface area contributed by atoms with Gasteiger partial charge >= 0.3 is 0 Å². The lowest BCUT2D eigenvalue weighted by Gasteiger charge is -2.23. The van der Waals surface area contributed by atoms with Crippen LogP contribution in [-0.2, 0) is 0 Å². The van der Waals surface area contributed by atoms with E-state index in [1.165, 1.54) is 53.0 Å². The van der Waals surface area contributed by atoms with Crippen LogP contribution in [0.3, 0.4) is 0 Å². The van der Waals surface area contributed by atoms with Gasteiger partial charge in [0.1, 0.15) is 44.5 Å². The molecule has 0 aliphatic carbocycles. The zero-order valence-electron chi connectivity index (χ0n) is 73.9. The van der Waals surface area contributed by atoms with Gasteiger partial charge in [0.15, 0.2) is 22.8 Å². The average Bonchev–Trinajstić information content (AvgIpc) is 1.62. The summed E-state index contributed by atoms with van der Waals surface area (Å²) in [6.45, 7) is 25.9. The van der Waals surface area contributed by atoms with Crippen LogP contribution in [0.4, 0.5) is 76.7 Å². The first-order valence-corrected chi connectivity index (χ1v) is 42.6. The van der Waals surface area contributed by atoms with Crippen molar-refractivity contribution < 1.29 is 17.6 Å². The van der Waals surface area contributed by atoms with Gasteiger partial charge in [-0.1, -0.05) is 25.6 Å². The highest BCUT2D eigenvalue weighted by Crippen LogP contribution is 2.42. The Balaban J connectivity index is 0.000000154. The molecule has 0 amide bonds. The Kier molecular flexibility index (Phi) is 30.9. The second kappa shape index (κ2) is 42.6. The molecular weight excluding hydrogens is 1820 g/mol. The molecule has 0 spiro atoms. The molecule has 14 heterocycles. The minimum atomic E-state index is -0.330. The third-order valence-electron chi connectivity index (χ3n) is 18.7. The number of aryl methyl sites for hydroxylation is 4. The second-order valence-corrected chi connectivity index (χ2v) is 33.8. The highest BCUT2D eigenvalue weighted by atomic mass is 79.9. The molecule has 0 aliphatic heterocycles. The van der Waals surface area contributed by atoms with Crippen molar-refractivity contribution in [1.29, 1.82) is 5.26 Å². The molecule has 12 N–H and O–H groups in total. The maximum absolute atomic E-state index is 13.8. The van der Waals surface area contributed by atoms with Gasteiger partial charge in [0.05, 0.1) is 45.0 Å². The Bertz CT molecular complexity index is 7070. The fourth-order valence-electron chi connectivity index (χ4n) is 13.3. The third kappa shape index (κ3) is 25.2. The number of aromatic nitrogens is 21. The highest BCUT2D eigenvalue weighted by molar-refractivity contribution is 9.12. The maximum Gasteiger partial charge on any atom is 0.248 e. The summed E-state index contributed by atoms with van der Waals surface area (Å²) in [5.41, 5.74) is 31.1. The number of hydrazine groups is 1. The van der Waals surface area contributed by atoms with Gasteiger partial charge in [0.25, 0.3) is 0 Å². The largest absolute Gasteiger partial charge is 0.368 e. The summed E-state index contributed by atoms with van der Waals surface area (Å²) in [7, 11) is 0. The van der Waals surface area contributed by atoms with Crippen LogP contribution in [0.15, 0.2) is 248 Å². The Morgan fingerprint density at radius 1 is 0.353 bits per heavy atom. The quantitative estimate of drug-likeness (QED) is 0.0188. The number of nitriles is 1. The van der Waals surface area contributed by atoms with Crippen LogP contribution < -0.4 is 49.3 Å². The summed E-state index contributed by atoms with van der Waals surface area (Å²) >= 11 is 5.65. The lowest BCUT2D eigenvalue weighted by Crippen LogP contribution is -2.28. The van der Waals surface area contributed by atoms with Crippen LogP contribution in [0, 0.1) is 61.2 Å². The van der Waals surface area contributed by atoms with Gasteiger partial charge in [-0.15, -0.1) is 15.3 Å².